The molecule has 0 radical (unpaired) electrons. The second kappa shape index (κ2) is 9.09. The molecule has 0 aromatic heterocycles. The molecule has 0 fully saturated rings. The van der Waals surface area contributed by atoms with Gasteiger partial charge in [-0.3, -0.25) is 4.79 Å². The van der Waals surface area contributed by atoms with Crippen LogP contribution in [0.4, 0.5) is 16.2 Å². The Morgan fingerprint density at radius 1 is 1.00 bits per heavy atom. The zero-order valence-electron chi connectivity index (χ0n) is 16.8. The van der Waals surface area contributed by atoms with Crippen LogP contribution < -0.4 is 16.0 Å². The third kappa shape index (κ3) is 6.53. The summed E-state index contributed by atoms with van der Waals surface area (Å²) in [6.45, 7) is 5.19. The molecule has 2 amide bonds. The highest BCUT2D eigenvalue weighted by atomic mass is 16.6. The number of hydrogen-bond acceptors (Lipinski definition) is 5. The molecule has 4 N–H and O–H groups in total. The standard InChI is InChI=1S/C21H25N3O5/c1-21(2,3)29-20(28)24-17(14-6-5-7-16(12-14)22-4)18(25)23-15-10-8-13(9-11-15)19(26)27/h5-12,17,22H,1-4H3,(H,23,25)(H,24,28)(H,26,27). The van der Waals surface area contributed by atoms with Gasteiger partial charge in [-0.05, 0) is 62.7 Å². The smallest absolute Gasteiger partial charge is 0.408 e. The van der Waals surface area contributed by atoms with Crippen molar-refractivity contribution in [3.63, 3.8) is 0 Å². The molecule has 0 spiro atoms. The number of amides is 2. The number of hydrogen-bond donors (Lipinski definition) is 4. The summed E-state index contributed by atoms with van der Waals surface area (Å²) in [6.07, 6.45) is -0.728. The normalized spacial score (nSPS) is 11.9. The van der Waals surface area contributed by atoms with Crippen LogP contribution >= 0.6 is 0 Å². The molecule has 2 aromatic carbocycles. The number of benzene rings is 2. The van der Waals surface area contributed by atoms with Gasteiger partial charge >= 0.3 is 12.1 Å². The molecule has 1 atom stereocenters. The summed E-state index contributed by atoms with van der Waals surface area (Å²) in [5.74, 6) is -1.55. The van der Waals surface area contributed by atoms with Gasteiger partial charge in [0.25, 0.3) is 5.91 Å². The Morgan fingerprint density at radius 3 is 2.21 bits per heavy atom. The van der Waals surface area contributed by atoms with Crippen molar-refractivity contribution in [2.75, 3.05) is 17.7 Å². The number of carbonyl (C=O) groups is 3. The minimum absolute atomic E-state index is 0.105. The van der Waals surface area contributed by atoms with E-state index in [4.69, 9.17) is 9.84 Å². The number of carboxylic acid groups (broad SMARTS) is 1. The lowest BCUT2D eigenvalue weighted by molar-refractivity contribution is -0.118. The minimum Gasteiger partial charge on any atom is -0.478 e. The molecule has 0 saturated carbocycles. The van der Waals surface area contributed by atoms with Crippen molar-refractivity contribution >= 4 is 29.3 Å². The van der Waals surface area contributed by atoms with Crippen LogP contribution in [-0.2, 0) is 9.53 Å². The van der Waals surface area contributed by atoms with Crippen LogP contribution in [0.1, 0.15) is 42.7 Å². The van der Waals surface area contributed by atoms with E-state index in [2.05, 4.69) is 16.0 Å². The van der Waals surface area contributed by atoms with Gasteiger partial charge in [-0.1, -0.05) is 12.1 Å². The van der Waals surface area contributed by atoms with Gasteiger partial charge in [-0.2, -0.15) is 0 Å². The summed E-state index contributed by atoms with van der Waals surface area (Å²) in [7, 11) is 1.75. The summed E-state index contributed by atoms with van der Waals surface area (Å²) in [6, 6.07) is 11.8. The average Bonchev–Trinajstić information content (AvgIpc) is 2.65. The van der Waals surface area contributed by atoms with Crippen LogP contribution in [0.25, 0.3) is 0 Å². The molecule has 2 aromatic rings. The van der Waals surface area contributed by atoms with Crippen molar-refractivity contribution in [2.24, 2.45) is 0 Å². The lowest BCUT2D eigenvalue weighted by Crippen LogP contribution is -2.40. The number of ether oxygens (including phenoxy) is 1. The van der Waals surface area contributed by atoms with E-state index in [9.17, 15) is 14.4 Å². The number of carbonyl (C=O) groups excluding carboxylic acids is 2. The van der Waals surface area contributed by atoms with Crippen molar-refractivity contribution in [3.8, 4) is 0 Å². The lowest BCUT2D eigenvalue weighted by atomic mass is 10.0. The van der Waals surface area contributed by atoms with Crippen molar-refractivity contribution in [1.29, 1.82) is 0 Å². The first-order chi connectivity index (χ1) is 13.6. The highest BCUT2D eigenvalue weighted by Crippen LogP contribution is 2.21. The predicted molar refractivity (Wildman–Crippen MR) is 110 cm³/mol. The first-order valence-electron chi connectivity index (χ1n) is 9.00. The molecule has 0 saturated heterocycles. The van der Waals surface area contributed by atoms with Gasteiger partial charge in [0.1, 0.15) is 11.6 Å². The fourth-order valence-electron chi connectivity index (χ4n) is 2.51. The lowest BCUT2D eigenvalue weighted by Gasteiger charge is -2.24. The van der Waals surface area contributed by atoms with Crippen LogP contribution in [0.15, 0.2) is 48.5 Å². The number of anilines is 2. The highest BCUT2D eigenvalue weighted by molar-refractivity contribution is 5.98. The van der Waals surface area contributed by atoms with E-state index >= 15 is 0 Å². The number of rotatable bonds is 6. The van der Waals surface area contributed by atoms with Gasteiger partial charge in [0.05, 0.1) is 5.56 Å². The van der Waals surface area contributed by atoms with Gasteiger partial charge in [-0.15, -0.1) is 0 Å². The number of carboxylic acids is 1. The van der Waals surface area contributed by atoms with Crippen LogP contribution in [0.3, 0.4) is 0 Å². The first kappa shape index (κ1) is 21.7. The quantitative estimate of drug-likeness (QED) is 0.589. The Morgan fingerprint density at radius 2 is 1.66 bits per heavy atom. The fraction of sp³-hybridized carbons (Fsp3) is 0.286. The van der Waals surface area contributed by atoms with E-state index in [1.54, 1.807) is 46.0 Å². The molecular weight excluding hydrogens is 374 g/mol. The molecule has 154 valence electrons. The minimum atomic E-state index is -1.06. The Bertz CT molecular complexity index is 888. The van der Waals surface area contributed by atoms with Crippen LogP contribution in [0.5, 0.6) is 0 Å². The zero-order valence-corrected chi connectivity index (χ0v) is 16.8. The fourth-order valence-corrected chi connectivity index (χ4v) is 2.51. The predicted octanol–water partition coefficient (Wildman–Crippen LogP) is 3.63. The van der Waals surface area contributed by atoms with E-state index in [0.717, 1.165) is 5.69 Å². The average molecular weight is 399 g/mol. The second-order valence-corrected chi connectivity index (χ2v) is 7.33. The van der Waals surface area contributed by atoms with E-state index in [1.807, 2.05) is 6.07 Å². The summed E-state index contributed by atoms with van der Waals surface area (Å²) < 4.78 is 5.28. The molecule has 2 rings (SSSR count). The van der Waals surface area contributed by atoms with E-state index in [0.29, 0.717) is 11.3 Å². The SMILES string of the molecule is CNc1cccc(C(NC(=O)OC(C)(C)C)C(=O)Nc2ccc(C(=O)O)cc2)c1. The third-order valence-corrected chi connectivity index (χ3v) is 3.83. The third-order valence-electron chi connectivity index (χ3n) is 3.83. The number of nitrogens with one attached hydrogen (secondary N) is 3. The van der Waals surface area contributed by atoms with Gasteiger partial charge in [0.15, 0.2) is 0 Å². The Hall–Kier alpha value is -3.55. The maximum absolute atomic E-state index is 12.9. The highest BCUT2D eigenvalue weighted by Gasteiger charge is 2.26. The van der Waals surface area contributed by atoms with Gasteiger partial charge < -0.3 is 25.8 Å². The molecule has 0 aliphatic rings. The summed E-state index contributed by atoms with van der Waals surface area (Å²) in [5.41, 5.74) is 1.12. The Balaban J connectivity index is 2.26. The molecular formula is C21H25N3O5. The van der Waals surface area contributed by atoms with E-state index in [1.165, 1.54) is 24.3 Å². The molecule has 0 heterocycles. The Labute approximate surface area is 169 Å². The van der Waals surface area contributed by atoms with Crippen LogP contribution in [0.2, 0.25) is 0 Å². The first-order valence-corrected chi connectivity index (χ1v) is 9.00. The monoisotopic (exact) mass is 399 g/mol. The topological polar surface area (TPSA) is 117 Å². The number of alkyl carbamates (subject to hydrolysis) is 1. The maximum Gasteiger partial charge on any atom is 0.408 e. The van der Waals surface area contributed by atoms with Crippen LogP contribution in [-0.4, -0.2) is 35.7 Å². The largest absolute Gasteiger partial charge is 0.478 e. The Kier molecular flexibility index (Phi) is 6.82. The van der Waals surface area contributed by atoms with Crippen molar-refractivity contribution in [1.82, 2.24) is 5.32 Å². The van der Waals surface area contributed by atoms with Crippen molar-refractivity contribution in [3.05, 3.63) is 59.7 Å². The summed E-state index contributed by atoms with van der Waals surface area (Å²) >= 11 is 0. The molecule has 8 nitrogen and oxygen atoms in total. The molecule has 0 aliphatic carbocycles. The summed E-state index contributed by atoms with van der Waals surface area (Å²) in [4.78, 5) is 36.2. The molecule has 0 aliphatic heterocycles. The summed E-state index contributed by atoms with van der Waals surface area (Å²) in [5, 5.41) is 17.3. The van der Waals surface area contributed by atoms with Gasteiger partial charge in [0.2, 0.25) is 0 Å². The molecule has 0 bridgehead atoms. The molecule has 1 unspecified atom stereocenters. The molecule has 8 heteroatoms. The van der Waals surface area contributed by atoms with E-state index in [-0.39, 0.29) is 5.56 Å². The second-order valence-electron chi connectivity index (χ2n) is 7.33. The van der Waals surface area contributed by atoms with Crippen LogP contribution in [0, 0.1) is 0 Å². The van der Waals surface area contributed by atoms with Gasteiger partial charge in [-0.25, -0.2) is 9.59 Å². The molecule has 29 heavy (non-hydrogen) atoms. The van der Waals surface area contributed by atoms with Crippen molar-refractivity contribution in [2.45, 2.75) is 32.4 Å². The zero-order chi connectivity index (χ0) is 21.6. The maximum atomic E-state index is 12.9. The van der Waals surface area contributed by atoms with Crippen molar-refractivity contribution < 1.29 is 24.2 Å². The number of aromatic carboxylic acids is 1. The van der Waals surface area contributed by atoms with E-state index < -0.39 is 29.6 Å². The van der Waals surface area contributed by atoms with Gasteiger partial charge in [0, 0.05) is 18.4 Å².